The number of aliphatic hydroxyl groups is 1. The van der Waals surface area contributed by atoms with E-state index in [0.29, 0.717) is 27.6 Å². The lowest BCUT2D eigenvalue weighted by Crippen LogP contribution is -2.56. The summed E-state index contributed by atoms with van der Waals surface area (Å²) in [5.74, 6) is 5.72. The summed E-state index contributed by atoms with van der Waals surface area (Å²) in [7, 11) is 0. The molecule has 5 rings (SSSR count). The molecule has 0 aromatic heterocycles. The van der Waals surface area contributed by atoms with Crippen molar-refractivity contribution in [1.29, 1.82) is 0 Å². The van der Waals surface area contributed by atoms with Crippen LogP contribution in [0, 0.1) is 62.6 Å². The van der Waals surface area contributed by atoms with Gasteiger partial charge in [0, 0.05) is 5.41 Å². The largest absolute Gasteiger partial charge is 0.512 e. The molecule has 0 aromatic rings. The molecule has 5 aliphatic rings. The second kappa shape index (κ2) is 7.04. The van der Waals surface area contributed by atoms with E-state index in [-0.39, 0.29) is 5.41 Å². The third-order valence-corrected chi connectivity index (χ3v) is 13.4. The molecule has 0 aliphatic heterocycles. The van der Waals surface area contributed by atoms with Gasteiger partial charge in [0.2, 0.25) is 0 Å². The highest BCUT2D eigenvalue weighted by atomic mass is 16.3. The molecular formula is C31H52O. The molecule has 0 amide bonds. The van der Waals surface area contributed by atoms with Crippen LogP contribution in [-0.2, 0) is 0 Å². The Bertz CT molecular complexity index is 792. The van der Waals surface area contributed by atoms with Crippen LogP contribution in [0.1, 0.15) is 120 Å². The molecule has 1 heteroatoms. The molecule has 0 saturated heterocycles. The Kier molecular flexibility index (Phi) is 5.12. The Morgan fingerprint density at radius 1 is 0.875 bits per heavy atom. The van der Waals surface area contributed by atoms with Gasteiger partial charge in [0.1, 0.15) is 0 Å². The molecule has 2 spiro atoms. The maximum atomic E-state index is 11.3. The second-order valence-corrected chi connectivity index (χ2v) is 15.0. The van der Waals surface area contributed by atoms with Crippen molar-refractivity contribution in [3.8, 4) is 0 Å². The van der Waals surface area contributed by atoms with Gasteiger partial charge in [-0.2, -0.15) is 0 Å². The Balaban J connectivity index is 1.41. The molecule has 9 atom stereocenters. The van der Waals surface area contributed by atoms with E-state index in [0.717, 1.165) is 41.8 Å². The van der Waals surface area contributed by atoms with Crippen LogP contribution >= 0.6 is 0 Å². The van der Waals surface area contributed by atoms with Crippen LogP contribution < -0.4 is 0 Å². The Labute approximate surface area is 199 Å². The summed E-state index contributed by atoms with van der Waals surface area (Å²) < 4.78 is 0. The zero-order valence-corrected chi connectivity index (χ0v) is 22.6. The molecule has 0 bridgehead atoms. The van der Waals surface area contributed by atoms with Gasteiger partial charge in [0.25, 0.3) is 0 Å². The molecule has 182 valence electrons. The van der Waals surface area contributed by atoms with Gasteiger partial charge in [-0.1, -0.05) is 68.2 Å². The maximum absolute atomic E-state index is 11.3. The van der Waals surface area contributed by atoms with Crippen LogP contribution in [0.5, 0.6) is 0 Å². The molecule has 1 nitrogen and oxygen atoms in total. The summed E-state index contributed by atoms with van der Waals surface area (Å²) in [6.45, 7) is 20.2. The minimum Gasteiger partial charge on any atom is -0.512 e. The zero-order chi connectivity index (χ0) is 23.3. The summed E-state index contributed by atoms with van der Waals surface area (Å²) in [4.78, 5) is 0. The average molecular weight is 441 g/mol. The molecule has 1 N–H and O–H groups in total. The Morgan fingerprint density at radius 2 is 1.56 bits per heavy atom. The van der Waals surface area contributed by atoms with Gasteiger partial charge < -0.3 is 5.11 Å². The van der Waals surface area contributed by atoms with Crippen molar-refractivity contribution >= 4 is 0 Å². The maximum Gasteiger partial charge on any atom is 0.0953 e. The average Bonchev–Trinajstić information content (AvgIpc) is 3.34. The van der Waals surface area contributed by atoms with Crippen molar-refractivity contribution in [2.75, 3.05) is 0 Å². The highest BCUT2D eigenvalue weighted by Gasteiger charge is 2.83. The standard InChI is InChI=1S/C31H52O/c1-20(2)21(3)9-10-22(4)23-13-16-29(8)25-12-11-24-27(5,6)15-14-26(32)31(24)19-30(25,31)18-17-28(23,29)7/h14,20-25,32H,9-13,15-19H2,1-8H3/t21?,22-,23-,24+,25+,28-,29+,30+,31-/m1/s1. The quantitative estimate of drug-likeness (QED) is 0.451. The highest BCUT2D eigenvalue weighted by molar-refractivity contribution is 5.38. The van der Waals surface area contributed by atoms with E-state index in [9.17, 15) is 5.11 Å². The molecule has 32 heavy (non-hydrogen) atoms. The van der Waals surface area contributed by atoms with Gasteiger partial charge in [-0.25, -0.2) is 0 Å². The van der Waals surface area contributed by atoms with Crippen molar-refractivity contribution < 1.29 is 5.11 Å². The number of rotatable bonds is 5. The van der Waals surface area contributed by atoms with Gasteiger partial charge in [-0.3, -0.25) is 0 Å². The zero-order valence-electron chi connectivity index (χ0n) is 22.6. The van der Waals surface area contributed by atoms with Gasteiger partial charge in [-0.05, 0) is 115 Å². The molecular weight excluding hydrogens is 388 g/mol. The van der Waals surface area contributed by atoms with E-state index >= 15 is 0 Å². The minimum absolute atomic E-state index is 0.137. The van der Waals surface area contributed by atoms with E-state index in [1.807, 2.05) is 0 Å². The molecule has 0 aromatic carbocycles. The van der Waals surface area contributed by atoms with E-state index < -0.39 is 0 Å². The third-order valence-electron chi connectivity index (χ3n) is 13.4. The van der Waals surface area contributed by atoms with Crippen LogP contribution in [0.3, 0.4) is 0 Å². The summed E-state index contributed by atoms with van der Waals surface area (Å²) >= 11 is 0. The van der Waals surface area contributed by atoms with Crippen molar-refractivity contribution in [3.63, 3.8) is 0 Å². The van der Waals surface area contributed by atoms with Crippen LogP contribution in [0.2, 0.25) is 0 Å². The number of hydrogen-bond donors (Lipinski definition) is 1. The smallest absolute Gasteiger partial charge is 0.0953 e. The SMILES string of the molecule is CC(C)C(C)CC[C@@H](C)[C@H]1CC[C@@]2(C)[C@@H]3CC[C@H]4C(C)(C)CC=C(O)[C@@]45C[C@@]35CC[C@]12C. The second-order valence-electron chi connectivity index (χ2n) is 15.0. The Hall–Kier alpha value is -0.460. The van der Waals surface area contributed by atoms with E-state index in [1.165, 1.54) is 57.8 Å². The third kappa shape index (κ3) is 2.69. The number of fused-ring (bicyclic) bond motifs is 2. The van der Waals surface area contributed by atoms with Crippen molar-refractivity contribution in [1.82, 2.24) is 0 Å². The van der Waals surface area contributed by atoms with E-state index in [4.69, 9.17) is 0 Å². The van der Waals surface area contributed by atoms with Crippen LogP contribution in [0.15, 0.2) is 11.8 Å². The number of hydrogen-bond acceptors (Lipinski definition) is 1. The Morgan fingerprint density at radius 3 is 2.25 bits per heavy atom. The van der Waals surface area contributed by atoms with Crippen LogP contribution in [0.4, 0.5) is 0 Å². The molecule has 0 heterocycles. The summed E-state index contributed by atoms with van der Waals surface area (Å²) in [6, 6.07) is 0. The molecule has 1 unspecified atom stereocenters. The van der Waals surface area contributed by atoms with Crippen molar-refractivity contribution in [3.05, 3.63) is 11.8 Å². The fraction of sp³-hybridized carbons (Fsp3) is 0.935. The van der Waals surface area contributed by atoms with E-state index in [2.05, 4.69) is 61.5 Å². The van der Waals surface area contributed by atoms with Gasteiger partial charge in [0.05, 0.1) is 5.76 Å². The first-order chi connectivity index (χ1) is 14.9. The van der Waals surface area contributed by atoms with Gasteiger partial charge in [0.15, 0.2) is 0 Å². The molecule has 4 saturated carbocycles. The lowest BCUT2D eigenvalue weighted by atomic mass is 9.42. The summed E-state index contributed by atoms with van der Waals surface area (Å²) in [5.41, 5.74) is 1.85. The highest BCUT2D eigenvalue weighted by Crippen LogP contribution is 2.89. The topological polar surface area (TPSA) is 20.2 Å². The first-order valence-electron chi connectivity index (χ1n) is 14.3. The van der Waals surface area contributed by atoms with Crippen molar-refractivity contribution in [2.24, 2.45) is 62.6 Å². The van der Waals surface area contributed by atoms with Gasteiger partial charge in [-0.15, -0.1) is 0 Å². The molecule has 4 fully saturated rings. The first-order valence-corrected chi connectivity index (χ1v) is 14.3. The first kappa shape index (κ1) is 23.3. The molecule has 5 aliphatic carbocycles. The molecule has 0 radical (unpaired) electrons. The van der Waals surface area contributed by atoms with Crippen LogP contribution in [-0.4, -0.2) is 5.11 Å². The lowest BCUT2D eigenvalue weighted by molar-refractivity contribution is -0.134. The fourth-order valence-electron chi connectivity index (χ4n) is 10.9. The van der Waals surface area contributed by atoms with Gasteiger partial charge >= 0.3 is 0 Å². The lowest BCUT2D eigenvalue weighted by Gasteiger charge is -2.62. The van der Waals surface area contributed by atoms with Crippen molar-refractivity contribution in [2.45, 2.75) is 120 Å². The summed E-state index contributed by atoms with van der Waals surface area (Å²) in [5, 5.41) is 11.3. The minimum atomic E-state index is 0.137. The van der Waals surface area contributed by atoms with Crippen LogP contribution in [0.25, 0.3) is 0 Å². The fourth-order valence-corrected chi connectivity index (χ4v) is 10.9. The number of aliphatic hydroxyl groups excluding tert-OH is 1. The normalized spacial score (nSPS) is 50.5. The predicted molar refractivity (Wildman–Crippen MR) is 135 cm³/mol. The monoisotopic (exact) mass is 440 g/mol. The predicted octanol–water partition coefficient (Wildman–Crippen LogP) is 9.19. The number of allylic oxidation sites excluding steroid dienone is 2. The van der Waals surface area contributed by atoms with E-state index in [1.54, 1.807) is 0 Å². The summed E-state index contributed by atoms with van der Waals surface area (Å²) in [6.07, 6.45) is 15.8.